The van der Waals surface area contributed by atoms with E-state index in [9.17, 15) is 20.2 Å². The van der Waals surface area contributed by atoms with Gasteiger partial charge in [0.05, 0.1) is 24.2 Å². The summed E-state index contributed by atoms with van der Waals surface area (Å²) >= 11 is 0. The first-order valence-corrected chi connectivity index (χ1v) is 9.58. The summed E-state index contributed by atoms with van der Waals surface area (Å²) in [7, 11) is 0. The average molecular weight is 406 g/mol. The van der Waals surface area contributed by atoms with Crippen molar-refractivity contribution in [2.75, 3.05) is 31.2 Å². The van der Waals surface area contributed by atoms with Gasteiger partial charge >= 0.3 is 0 Å². The number of ether oxygens (including phenoxy) is 1. The molecule has 0 bridgehead atoms. The van der Waals surface area contributed by atoms with Gasteiger partial charge in [-0.15, -0.1) is 0 Å². The average Bonchev–Trinajstić information content (AvgIpc) is 2.78. The Hall–Kier alpha value is -3.70. The molecule has 1 heterocycles. The summed E-state index contributed by atoms with van der Waals surface area (Å²) in [5, 5.41) is 23.8. The first-order valence-electron chi connectivity index (χ1n) is 9.58. The molecule has 3 rings (SSSR count). The second-order valence-electron chi connectivity index (χ2n) is 6.88. The minimum Gasteiger partial charge on any atom is -0.378 e. The van der Waals surface area contributed by atoms with Gasteiger partial charge in [-0.05, 0) is 30.2 Å². The van der Waals surface area contributed by atoms with E-state index in [-0.39, 0.29) is 17.3 Å². The summed E-state index contributed by atoms with van der Waals surface area (Å²) < 4.78 is 5.30. The van der Waals surface area contributed by atoms with Crippen molar-refractivity contribution in [2.24, 2.45) is 0 Å². The van der Waals surface area contributed by atoms with Crippen LogP contribution in [0.5, 0.6) is 0 Å². The highest BCUT2D eigenvalue weighted by Gasteiger charge is 2.22. The standard InChI is InChI=1S/C22H22N4O4/c1-16(18-5-3-2-4-6-18)24-22(27)19(15-23)13-17-7-8-20(21(14-17)26(28)29)25-9-11-30-12-10-25/h2-8,13-14,16H,9-12H2,1H3,(H,24,27)/b19-13-/t16-/m0/s1. The minimum atomic E-state index is -0.534. The lowest BCUT2D eigenvalue weighted by Gasteiger charge is -2.28. The summed E-state index contributed by atoms with van der Waals surface area (Å²) in [5.74, 6) is -0.534. The Morgan fingerprint density at radius 3 is 2.60 bits per heavy atom. The molecule has 0 aromatic heterocycles. The van der Waals surface area contributed by atoms with Crippen molar-refractivity contribution in [3.05, 3.63) is 75.3 Å². The largest absolute Gasteiger partial charge is 0.378 e. The summed E-state index contributed by atoms with van der Waals surface area (Å²) in [6, 6.07) is 15.7. The number of carbonyl (C=O) groups excluding carboxylic acids is 1. The van der Waals surface area contributed by atoms with E-state index in [1.54, 1.807) is 12.1 Å². The number of rotatable bonds is 6. The lowest BCUT2D eigenvalue weighted by atomic mass is 10.1. The normalized spacial score (nSPS) is 15.2. The van der Waals surface area contributed by atoms with Crippen LogP contribution in [0.15, 0.2) is 54.1 Å². The van der Waals surface area contributed by atoms with Crippen LogP contribution < -0.4 is 10.2 Å². The van der Waals surface area contributed by atoms with E-state index in [0.29, 0.717) is 37.6 Å². The van der Waals surface area contributed by atoms with Gasteiger partial charge in [0.25, 0.3) is 11.6 Å². The third kappa shape index (κ3) is 5.01. The van der Waals surface area contributed by atoms with Gasteiger partial charge in [0.1, 0.15) is 17.3 Å². The van der Waals surface area contributed by atoms with Crippen molar-refractivity contribution in [1.29, 1.82) is 5.26 Å². The van der Waals surface area contributed by atoms with Gasteiger partial charge in [0.15, 0.2) is 0 Å². The van der Waals surface area contributed by atoms with Gasteiger partial charge < -0.3 is 15.0 Å². The number of morpholine rings is 1. The highest BCUT2D eigenvalue weighted by atomic mass is 16.6. The van der Waals surface area contributed by atoms with Gasteiger partial charge in [-0.1, -0.05) is 36.4 Å². The Morgan fingerprint density at radius 2 is 1.97 bits per heavy atom. The number of anilines is 1. The Bertz CT molecular complexity index is 992. The van der Waals surface area contributed by atoms with Gasteiger partial charge in [-0.3, -0.25) is 14.9 Å². The smallest absolute Gasteiger partial charge is 0.293 e. The van der Waals surface area contributed by atoms with E-state index in [1.807, 2.05) is 48.2 Å². The number of hydrogen-bond acceptors (Lipinski definition) is 6. The molecule has 1 amide bonds. The van der Waals surface area contributed by atoms with Crippen LogP contribution in [0.1, 0.15) is 24.1 Å². The summed E-state index contributed by atoms with van der Waals surface area (Å²) in [6.45, 7) is 3.98. The zero-order valence-corrected chi connectivity index (χ0v) is 16.6. The summed E-state index contributed by atoms with van der Waals surface area (Å²) in [5.41, 5.74) is 1.64. The van der Waals surface area contributed by atoms with Crippen LogP contribution in [0.2, 0.25) is 0 Å². The molecule has 0 unspecified atom stereocenters. The first-order chi connectivity index (χ1) is 14.5. The second kappa shape index (κ2) is 9.67. The first kappa shape index (κ1) is 21.0. The van der Waals surface area contributed by atoms with E-state index in [4.69, 9.17) is 4.74 Å². The third-order valence-electron chi connectivity index (χ3n) is 4.87. The molecule has 8 heteroatoms. The number of nitrogens with zero attached hydrogens (tertiary/aromatic N) is 3. The van der Waals surface area contributed by atoms with Crippen LogP contribution in [0.25, 0.3) is 6.08 Å². The minimum absolute atomic E-state index is 0.0685. The molecular weight excluding hydrogens is 384 g/mol. The Morgan fingerprint density at radius 1 is 1.27 bits per heavy atom. The Labute approximate surface area is 174 Å². The maximum absolute atomic E-state index is 12.5. The van der Waals surface area contributed by atoms with Crippen molar-refractivity contribution in [1.82, 2.24) is 5.32 Å². The molecule has 0 radical (unpaired) electrons. The van der Waals surface area contributed by atoms with Gasteiger partial charge in [-0.25, -0.2) is 0 Å². The summed E-state index contributed by atoms with van der Waals surface area (Å²) in [6.07, 6.45) is 1.36. The zero-order valence-electron chi connectivity index (χ0n) is 16.6. The molecule has 154 valence electrons. The number of nitriles is 1. The van der Waals surface area contributed by atoms with Crippen LogP contribution in [-0.2, 0) is 9.53 Å². The lowest BCUT2D eigenvalue weighted by molar-refractivity contribution is -0.384. The maximum Gasteiger partial charge on any atom is 0.293 e. The fraction of sp³-hybridized carbons (Fsp3) is 0.273. The van der Waals surface area contributed by atoms with E-state index in [2.05, 4.69) is 5.32 Å². The fourth-order valence-corrected chi connectivity index (χ4v) is 3.26. The molecule has 1 atom stereocenters. The van der Waals surface area contributed by atoms with Crippen molar-refractivity contribution in [3.63, 3.8) is 0 Å². The van der Waals surface area contributed by atoms with Crippen LogP contribution in [-0.4, -0.2) is 37.1 Å². The molecule has 1 fully saturated rings. The number of nitro groups is 1. The topological polar surface area (TPSA) is 108 Å². The van der Waals surface area contributed by atoms with E-state index in [1.165, 1.54) is 12.1 Å². The third-order valence-corrected chi connectivity index (χ3v) is 4.87. The van der Waals surface area contributed by atoms with Crippen LogP contribution >= 0.6 is 0 Å². The van der Waals surface area contributed by atoms with E-state index in [0.717, 1.165) is 5.56 Å². The Balaban J connectivity index is 1.82. The molecule has 30 heavy (non-hydrogen) atoms. The summed E-state index contributed by atoms with van der Waals surface area (Å²) in [4.78, 5) is 25.6. The molecule has 0 aliphatic carbocycles. The number of hydrogen-bond donors (Lipinski definition) is 1. The molecule has 2 aromatic carbocycles. The molecule has 1 saturated heterocycles. The van der Waals surface area contributed by atoms with Crippen LogP contribution in [0.3, 0.4) is 0 Å². The van der Waals surface area contributed by atoms with Crippen molar-refractivity contribution in [3.8, 4) is 6.07 Å². The van der Waals surface area contributed by atoms with Crippen molar-refractivity contribution < 1.29 is 14.5 Å². The number of nitro benzene ring substituents is 1. The lowest BCUT2D eigenvalue weighted by Crippen LogP contribution is -2.36. The number of benzene rings is 2. The van der Waals surface area contributed by atoms with E-state index < -0.39 is 10.8 Å². The molecular formula is C22H22N4O4. The molecule has 0 saturated carbocycles. The van der Waals surface area contributed by atoms with Gasteiger partial charge in [-0.2, -0.15) is 5.26 Å². The quantitative estimate of drug-likeness (QED) is 0.341. The predicted molar refractivity (Wildman–Crippen MR) is 113 cm³/mol. The highest BCUT2D eigenvalue weighted by molar-refractivity contribution is 6.02. The monoisotopic (exact) mass is 406 g/mol. The fourth-order valence-electron chi connectivity index (χ4n) is 3.26. The molecule has 1 aliphatic heterocycles. The predicted octanol–water partition coefficient (Wildman–Crippen LogP) is 3.22. The zero-order chi connectivity index (χ0) is 21.5. The SMILES string of the molecule is C[C@H](NC(=O)/C(C#N)=C\c1ccc(N2CCOCC2)c([N+](=O)[O-])c1)c1ccccc1. The molecule has 1 aliphatic rings. The van der Waals surface area contributed by atoms with E-state index >= 15 is 0 Å². The maximum atomic E-state index is 12.5. The second-order valence-corrected chi connectivity index (χ2v) is 6.88. The van der Waals surface area contributed by atoms with Gasteiger partial charge in [0.2, 0.25) is 0 Å². The number of nitrogens with one attached hydrogen (secondary N) is 1. The van der Waals surface area contributed by atoms with Gasteiger partial charge in [0, 0.05) is 19.2 Å². The Kier molecular flexibility index (Phi) is 6.78. The molecule has 2 aromatic rings. The highest BCUT2D eigenvalue weighted by Crippen LogP contribution is 2.30. The van der Waals surface area contributed by atoms with Crippen LogP contribution in [0.4, 0.5) is 11.4 Å². The number of amides is 1. The van der Waals surface area contributed by atoms with Crippen molar-refractivity contribution >= 4 is 23.4 Å². The number of carbonyl (C=O) groups is 1. The molecule has 1 N–H and O–H groups in total. The van der Waals surface area contributed by atoms with Crippen molar-refractivity contribution in [2.45, 2.75) is 13.0 Å². The van der Waals surface area contributed by atoms with Crippen LogP contribution in [0, 0.1) is 21.4 Å². The molecule has 8 nitrogen and oxygen atoms in total. The molecule has 0 spiro atoms.